The van der Waals surface area contributed by atoms with Crippen molar-refractivity contribution in [2.45, 2.75) is 19.4 Å². The third-order valence-corrected chi connectivity index (χ3v) is 6.31. The minimum Gasteiger partial charge on any atom is -0.508 e. The number of pyridine rings is 1. The van der Waals surface area contributed by atoms with E-state index in [0.717, 1.165) is 25.6 Å². The van der Waals surface area contributed by atoms with Gasteiger partial charge >= 0.3 is 0 Å². The normalized spacial score (nSPS) is 16.3. The Hall–Kier alpha value is -3.47. The van der Waals surface area contributed by atoms with E-state index in [1.165, 1.54) is 12.1 Å². The van der Waals surface area contributed by atoms with E-state index in [9.17, 15) is 18.7 Å². The molecule has 0 saturated carbocycles. The molecule has 1 unspecified atom stereocenters. The number of aromatic nitrogens is 1. The fourth-order valence-corrected chi connectivity index (χ4v) is 4.40. The number of nitrogens with zero attached hydrogens (tertiary/aromatic N) is 2. The topological polar surface area (TPSA) is 65.5 Å². The number of benzene rings is 2. The minimum absolute atomic E-state index is 0.146. The summed E-state index contributed by atoms with van der Waals surface area (Å²) in [6.07, 6.45) is 0.879. The molecule has 2 atom stereocenters. The average molecular weight is 510 g/mol. The van der Waals surface area contributed by atoms with Gasteiger partial charge < -0.3 is 10.4 Å². The Labute approximate surface area is 214 Å². The van der Waals surface area contributed by atoms with Crippen molar-refractivity contribution in [2.24, 2.45) is 5.92 Å². The molecule has 0 aliphatic carbocycles. The highest BCUT2D eigenvalue weighted by Gasteiger charge is 2.23. The summed E-state index contributed by atoms with van der Waals surface area (Å²) < 4.78 is 26.6. The lowest BCUT2D eigenvalue weighted by molar-refractivity contribution is 0.0937. The fraction of sp³-hybridized carbons (Fsp3) is 0.286. The number of hydrogen-bond donors (Lipinski definition) is 2. The van der Waals surface area contributed by atoms with Crippen LogP contribution < -0.4 is 5.32 Å². The summed E-state index contributed by atoms with van der Waals surface area (Å²) in [7, 11) is 0. The highest BCUT2D eigenvalue weighted by atomic mass is 35.5. The highest BCUT2D eigenvalue weighted by Crippen LogP contribution is 2.31. The molecule has 0 bridgehead atoms. The number of likely N-dealkylation sites (tertiary alicyclic amines) is 1. The first-order valence-electron chi connectivity index (χ1n) is 11.7. The highest BCUT2D eigenvalue weighted by molar-refractivity contribution is 6.30. The quantitative estimate of drug-likeness (QED) is 0.456. The van der Waals surface area contributed by atoms with Crippen LogP contribution in [-0.2, 0) is 0 Å². The van der Waals surface area contributed by atoms with Gasteiger partial charge in [0.2, 0.25) is 0 Å². The lowest BCUT2D eigenvalue weighted by Gasteiger charge is -2.21. The molecular weight excluding hydrogens is 484 g/mol. The van der Waals surface area contributed by atoms with E-state index < -0.39 is 17.8 Å². The van der Waals surface area contributed by atoms with Crippen LogP contribution >= 0.6 is 11.6 Å². The van der Waals surface area contributed by atoms with Crippen LogP contribution in [0.25, 0.3) is 0 Å². The number of amides is 1. The first-order chi connectivity index (χ1) is 17.3. The molecule has 8 heteroatoms. The molecule has 4 rings (SSSR count). The number of alkyl halides is 1. The van der Waals surface area contributed by atoms with Gasteiger partial charge in [0.1, 0.15) is 23.9 Å². The Bertz CT molecular complexity index is 1300. The molecule has 5 nitrogen and oxygen atoms in total. The van der Waals surface area contributed by atoms with Crippen LogP contribution in [0, 0.1) is 30.5 Å². The summed E-state index contributed by atoms with van der Waals surface area (Å²) >= 11 is 6.02. The monoisotopic (exact) mass is 509 g/mol. The molecule has 1 aliphatic rings. The van der Waals surface area contributed by atoms with E-state index in [4.69, 9.17) is 11.6 Å². The smallest absolute Gasteiger partial charge is 0.270 e. The molecule has 3 aromatic rings. The van der Waals surface area contributed by atoms with E-state index in [1.807, 2.05) is 0 Å². The van der Waals surface area contributed by atoms with Gasteiger partial charge in [0.25, 0.3) is 5.91 Å². The molecule has 1 aromatic heterocycles. The van der Waals surface area contributed by atoms with Gasteiger partial charge in [-0.1, -0.05) is 35.6 Å². The maximum absolute atomic E-state index is 14.0. The van der Waals surface area contributed by atoms with Crippen LogP contribution in [0.15, 0.2) is 54.6 Å². The molecule has 1 fully saturated rings. The Morgan fingerprint density at radius 3 is 2.78 bits per heavy atom. The summed E-state index contributed by atoms with van der Waals surface area (Å²) in [6.45, 7) is 3.38. The molecule has 2 aromatic carbocycles. The van der Waals surface area contributed by atoms with Crippen LogP contribution in [-0.4, -0.2) is 47.2 Å². The van der Waals surface area contributed by atoms with Crippen LogP contribution in [0.4, 0.5) is 8.78 Å². The van der Waals surface area contributed by atoms with E-state index in [1.54, 1.807) is 43.3 Å². The van der Waals surface area contributed by atoms with Crippen molar-refractivity contribution in [3.63, 3.8) is 0 Å². The Morgan fingerprint density at radius 2 is 2.03 bits per heavy atom. The van der Waals surface area contributed by atoms with E-state index in [-0.39, 0.29) is 29.6 Å². The Balaban J connectivity index is 1.59. The third kappa shape index (κ3) is 6.39. The van der Waals surface area contributed by atoms with Gasteiger partial charge in [0.15, 0.2) is 0 Å². The van der Waals surface area contributed by atoms with Crippen LogP contribution in [0.5, 0.6) is 5.75 Å². The van der Waals surface area contributed by atoms with Gasteiger partial charge in [-0.2, -0.15) is 0 Å². The second-order valence-electron chi connectivity index (χ2n) is 8.79. The van der Waals surface area contributed by atoms with E-state index >= 15 is 0 Å². The number of phenolic OH excluding ortho intramolecular Hbond substituents is 1. The molecule has 0 spiro atoms. The SMILES string of the molecule is Cc1cc(C#C[C@@H]2CCN(CCF)C2)cc(C(=O)NC(c2ccc(Cl)cc2)c2cc(F)ccc2O)n1. The predicted molar refractivity (Wildman–Crippen MR) is 135 cm³/mol. The van der Waals surface area contributed by atoms with Gasteiger partial charge in [0, 0.05) is 40.9 Å². The second-order valence-corrected chi connectivity index (χ2v) is 9.22. The Morgan fingerprint density at radius 1 is 1.25 bits per heavy atom. The maximum Gasteiger partial charge on any atom is 0.270 e. The van der Waals surface area contributed by atoms with Crippen LogP contribution in [0.3, 0.4) is 0 Å². The van der Waals surface area contributed by atoms with Gasteiger partial charge in [-0.25, -0.2) is 13.8 Å². The van der Waals surface area contributed by atoms with Crippen molar-refractivity contribution in [1.29, 1.82) is 0 Å². The molecule has 1 aliphatic heterocycles. The maximum atomic E-state index is 14.0. The zero-order chi connectivity index (χ0) is 25.7. The van der Waals surface area contributed by atoms with Gasteiger partial charge in [-0.3, -0.25) is 9.69 Å². The lowest BCUT2D eigenvalue weighted by atomic mass is 9.97. The number of nitrogens with one attached hydrogen (secondary N) is 1. The summed E-state index contributed by atoms with van der Waals surface area (Å²) in [6, 6.07) is 12.8. The molecule has 2 heterocycles. The summed E-state index contributed by atoms with van der Waals surface area (Å²) in [5.74, 6) is 5.31. The summed E-state index contributed by atoms with van der Waals surface area (Å²) in [4.78, 5) is 19.7. The van der Waals surface area contributed by atoms with Crippen molar-refractivity contribution >= 4 is 17.5 Å². The van der Waals surface area contributed by atoms with Crippen molar-refractivity contribution in [1.82, 2.24) is 15.2 Å². The fourth-order valence-electron chi connectivity index (χ4n) is 4.27. The van der Waals surface area contributed by atoms with E-state index in [0.29, 0.717) is 28.4 Å². The second kappa shape index (κ2) is 11.5. The number of aromatic hydroxyl groups is 1. The molecule has 186 valence electrons. The number of hydrogen-bond acceptors (Lipinski definition) is 4. The summed E-state index contributed by atoms with van der Waals surface area (Å²) in [5, 5.41) is 13.8. The van der Waals surface area contributed by atoms with E-state index in [2.05, 4.69) is 27.0 Å². The number of rotatable bonds is 6. The Kier molecular flexibility index (Phi) is 8.19. The average Bonchev–Trinajstić information content (AvgIpc) is 3.31. The lowest BCUT2D eigenvalue weighted by Crippen LogP contribution is -2.30. The first-order valence-corrected chi connectivity index (χ1v) is 12.0. The number of carbonyl (C=O) groups is 1. The third-order valence-electron chi connectivity index (χ3n) is 6.06. The van der Waals surface area contributed by atoms with Crippen LogP contribution in [0.1, 0.15) is 45.3 Å². The first kappa shape index (κ1) is 25.6. The number of phenols is 1. The largest absolute Gasteiger partial charge is 0.508 e. The zero-order valence-corrected chi connectivity index (χ0v) is 20.5. The zero-order valence-electron chi connectivity index (χ0n) is 19.8. The van der Waals surface area contributed by atoms with Gasteiger partial charge in [0.05, 0.1) is 6.04 Å². The summed E-state index contributed by atoms with van der Waals surface area (Å²) in [5.41, 5.74) is 2.24. The predicted octanol–water partition coefficient (Wildman–Crippen LogP) is 5.05. The number of halogens is 3. The van der Waals surface area contributed by atoms with Crippen molar-refractivity contribution in [3.05, 3.63) is 93.5 Å². The molecule has 0 radical (unpaired) electrons. The molecule has 2 N–H and O–H groups in total. The minimum atomic E-state index is -0.845. The molecule has 36 heavy (non-hydrogen) atoms. The van der Waals surface area contributed by atoms with Crippen molar-refractivity contribution < 1.29 is 18.7 Å². The molecule has 1 amide bonds. The van der Waals surface area contributed by atoms with Crippen LogP contribution in [0.2, 0.25) is 5.02 Å². The molecular formula is C28H26ClF2N3O2. The van der Waals surface area contributed by atoms with Crippen molar-refractivity contribution in [3.8, 4) is 17.6 Å². The number of aryl methyl sites for hydroxylation is 1. The number of carbonyl (C=O) groups excluding carboxylic acids is 1. The van der Waals surface area contributed by atoms with Gasteiger partial charge in [-0.05, 0) is 67.9 Å². The standard InChI is InChI=1S/C28H26ClF2N3O2/c1-18-14-20(3-2-19-10-12-34(17-19)13-11-30)15-25(32-18)28(36)33-27(21-4-6-22(29)7-5-21)24-16-23(31)8-9-26(24)35/h4-9,14-16,19,27,35H,10-13,17H2,1H3,(H,33,36)/t19-,27?/m1/s1. The van der Waals surface area contributed by atoms with Crippen molar-refractivity contribution in [2.75, 3.05) is 26.3 Å². The molecule has 1 saturated heterocycles. The van der Waals surface area contributed by atoms with Gasteiger partial charge in [-0.15, -0.1) is 0 Å².